The van der Waals surface area contributed by atoms with Gasteiger partial charge in [-0.25, -0.2) is 0 Å². The summed E-state index contributed by atoms with van der Waals surface area (Å²) in [5.74, 6) is 0.385. The van der Waals surface area contributed by atoms with E-state index in [0.717, 1.165) is 31.9 Å². The molecule has 1 aliphatic heterocycles. The molecule has 4 heteroatoms. The van der Waals surface area contributed by atoms with Gasteiger partial charge in [-0.05, 0) is 19.2 Å². The smallest absolute Gasteiger partial charge is 0.308 e. The summed E-state index contributed by atoms with van der Waals surface area (Å²) in [6, 6.07) is 7.71. The normalized spacial score (nSPS) is 16.9. The Hall–Kier alpha value is -1.55. The average molecular weight is 234 g/mol. The van der Waals surface area contributed by atoms with Crippen LogP contribution in [-0.2, 0) is 4.79 Å². The number of para-hydroxylation sites is 2. The van der Waals surface area contributed by atoms with Gasteiger partial charge in [-0.3, -0.25) is 4.79 Å². The summed E-state index contributed by atoms with van der Waals surface area (Å²) >= 11 is 0. The molecule has 92 valence electrons. The molecule has 1 aliphatic rings. The number of likely N-dealkylation sites (N-methyl/N-ethyl adjacent to an activating group) is 1. The van der Waals surface area contributed by atoms with Crippen LogP contribution in [-0.4, -0.2) is 44.1 Å². The van der Waals surface area contributed by atoms with Crippen molar-refractivity contribution in [1.82, 2.24) is 4.90 Å². The van der Waals surface area contributed by atoms with Crippen LogP contribution in [0.2, 0.25) is 0 Å². The highest BCUT2D eigenvalue weighted by molar-refractivity contribution is 5.73. The lowest BCUT2D eigenvalue weighted by Crippen LogP contribution is -2.44. The Labute approximate surface area is 102 Å². The van der Waals surface area contributed by atoms with Gasteiger partial charge >= 0.3 is 5.97 Å². The Morgan fingerprint density at radius 3 is 2.47 bits per heavy atom. The summed E-state index contributed by atoms with van der Waals surface area (Å²) in [7, 11) is 2.12. The summed E-state index contributed by atoms with van der Waals surface area (Å²) in [5.41, 5.74) is 1.01. The molecule has 0 amide bonds. The summed E-state index contributed by atoms with van der Waals surface area (Å²) in [4.78, 5) is 15.6. The molecule has 17 heavy (non-hydrogen) atoms. The molecule has 0 saturated carbocycles. The highest BCUT2D eigenvalue weighted by Gasteiger charge is 2.17. The van der Waals surface area contributed by atoms with E-state index >= 15 is 0 Å². The molecule has 2 rings (SSSR count). The fraction of sp³-hybridized carbons (Fsp3) is 0.462. The van der Waals surface area contributed by atoms with Crippen LogP contribution in [0, 0.1) is 0 Å². The number of benzene rings is 1. The molecular formula is C13H18N2O2. The second-order valence-electron chi connectivity index (χ2n) is 4.35. The van der Waals surface area contributed by atoms with Crippen molar-refractivity contribution in [2.45, 2.75) is 6.92 Å². The van der Waals surface area contributed by atoms with Gasteiger partial charge in [0.25, 0.3) is 0 Å². The maximum atomic E-state index is 11.1. The first-order valence-electron chi connectivity index (χ1n) is 5.88. The van der Waals surface area contributed by atoms with Crippen LogP contribution in [0.1, 0.15) is 6.92 Å². The van der Waals surface area contributed by atoms with Gasteiger partial charge < -0.3 is 14.5 Å². The number of hydrogen-bond donors (Lipinski definition) is 0. The zero-order chi connectivity index (χ0) is 12.3. The van der Waals surface area contributed by atoms with E-state index in [1.165, 1.54) is 6.92 Å². The third-order valence-electron chi connectivity index (χ3n) is 2.96. The van der Waals surface area contributed by atoms with Gasteiger partial charge in [-0.15, -0.1) is 0 Å². The lowest BCUT2D eigenvalue weighted by Gasteiger charge is -2.34. The van der Waals surface area contributed by atoms with Gasteiger partial charge in [0.05, 0.1) is 5.69 Å². The number of carbonyl (C=O) groups excluding carboxylic acids is 1. The van der Waals surface area contributed by atoms with Crippen LogP contribution >= 0.6 is 0 Å². The van der Waals surface area contributed by atoms with Crippen LogP contribution in [0.25, 0.3) is 0 Å². The number of hydrogen-bond acceptors (Lipinski definition) is 4. The molecule has 1 saturated heterocycles. The SMILES string of the molecule is CC(=O)Oc1ccccc1N1CCN(C)CC1. The van der Waals surface area contributed by atoms with Crippen molar-refractivity contribution in [3.63, 3.8) is 0 Å². The number of anilines is 1. The Bertz CT molecular complexity index is 398. The number of piperazine rings is 1. The van der Waals surface area contributed by atoms with Gasteiger partial charge in [0.1, 0.15) is 0 Å². The predicted molar refractivity (Wildman–Crippen MR) is 67.5 cm³/mol. The Morgan fingerprint density at radius 1 is 1.18 bits per heavy atom. The third-order valence-corrected chi connectivity index (χ3v) is 2.96. The van der Waals surface area contributed by atoms with Crippen molar-refractivity contribution >= 4 is 11.7 Å². The monoisotopic (exact) mass is 234 g/mol. The molecule has 0 atom stereocenters. The van der Waals surface area contributed by atoms with Gasteiger partial charge in [0.15, 0.2) is 5.75 Å². The van der Waals surface area contributed by atoms with E-state index in [9.17, 15) is 4.79 Å². The Balaban J connectivity index is 2.16. The molecular weight excluding hydrogens is 216 g/mol. The van der Waals surface area contributed by atoms with Crippen LogP contribution in [0.4, 0.5) is 5.69 Å². The van der Waals surface area contributed by atoms with E-state index < -0.39 is 0 Å². The maximum Gasteiger partial charge on any atom is 0.308 e. The molecule has 0 unspecified atom stereocenters. The van der Waals surface area contributed by atoms with Crippen LogP contribution < -0.4 is 9.64 Å². The molecule has 1 heterocycles. The highest BCUT2D eigenvalue weighted by atomic mass is 16.5. The van der Waals surface area contributed by atoms with Crippen LogP contribution in [0.5, 0.6) is 5.75 Å². The average Bonchev–Trinajstić information content (AvgIpc) is 2.30. The number of rotatable bonds is 2. The second kappa shape index (κ2) is 5.19. The van der Waals surface area contributed by atoms with Crippen molar-refractivity contribution in [2.24, 2.45) is 0 Å². The van der Waals surface area contributed by atoms with E-state index in [2.05, 4.69) is 16.8 Å². The molecule has 1 aromatic rings. The van der Waals surface area contributed by atoms with Crippen LogP contribution in [0.15, 0.2) is 24.3 Å². The first-order valence-corrected chi connectivity index (χ1v) is 5.88. The predicted octanol–water partition coefficient (Wildman–Crippen LogP) is 1.36. The molecule has 1 aromatic carbocycles. The second-order valence-corrected chi connectivity index (χ2v) is 4.35. The zero-order valence-electron chi connectivity index (χ0n) is 10.3. The van der Waals surface area contributed by atoms with E-state index in [0.29, 0.717) is 5.75 Å². The van der Waals surface area contributed by atoms with Gasteiger partial charge in [-0.2, -0.15) is 0 Å². The minimum atomic E-state index is -0.272. The van der Waals surface area contributed by atoms with Gasteiger partial charge in [0.2, 0.25) is 0 Å². The molecule has 4 nitrogen and oxygen atoms in total. The fourth-order valence-corrected chi connectivity index (χ4v) is 2.01. The minimum absolute atomic E-state index is 0.272. The quantitative estimate of drug-likeness (QED) is 0.571. The maximum absolute atomic E-state index is 11.1. The van der Waals surface area contributed by atoms with Crippen molar-refractivity contribution < 1.29 is 9.53 Å². The standard InChI is InChI=1S/C13H18N2O2/c1-11(16)17-13-6-4-3-5-12(13)15-9-7-14(2)8-10-15/h3-6H,7-10H2,1-2H3. The number of ether oxygens (including phenoxy) is 1. The molecule has 0 N–H and O–H groups in total. The summed E-state index contributed by atoms with van der Waals surface area (Å²) < 4.78 is 5.23. The Morgan fingerprint density at radius 2 is 1.82 bits per heavy atom. The van der Waals surface area contributed by atoms with E-state index in [-0.39, 0.29) is 5.97 Å². The topological polar surface area (TPSA) is 32.8 Å². The number of carbonyl (C=O) groups is 1. The molecule has 0 spiro atoms. The minimum Gasteiger partial charge on any atom is -0.425 e. The molecule has 0 aliphatic carbocycles. The Kier molecular flexibility index (Phi) is 3.64. The van der Waals surface area contributed by atoms with E-state index in [1.807, 2.05) is 24.3 Å². The largest absolute Gasteiger partial charge is 0.425 e. The first kappa shape index (κ1) is 11.9. The van der Waals surface area contributed by atoms with Crippen molar-refractivity contribution in [3.05, 3.63) is 24.3 Å². The summed E-state index contributed by atoms with van der Waals surface area (Å²) in [5, 5.41) is 0. The molecule has 0 aromatic heterocycles. The fourth-order valence-electron chi connectivity index (χ4n) is 2.01. The highest BCUT2D eigenvalue weighted by Crippen LogP contribution is 2.28. The summed E-state index contributed by atoms with van der Waals surface area (Å²) in [6.07, 6.45) is 0. The molecule has 0 bridgehead atoms. The van der Waals surface area contributed by atoms with E-state index in [4.69, 9.17) is 4.74 Å². The van der Waals surface area contributed by atoms with Crippen LogP contribution in [0.3, 0.4) is 0 Å². The zero-order valence-corrected chi connectivity index (χ0v) is 10.3. The van der Waals surface area contributed by atoms with Crippen molar-refractivity contribution in [1.29, 1.82) is 0 Å². The van der Waals surface area contributed by atoms with Crippen molar-refractivity contribution in [2.75, 3.05) is 38.1 Å². The number of esters is 1. The van der Waals surface area contributed by atoms with E-state index in [1.54, 1.807) is 0 Å². The van der Waals surface area contributed by atoms with Crippen molar-refractivity contribution in [3.8, 4) is 5.75 Å². The lowest BCUT2D eigenvalue weighted by atomic mass is 10.2. The number of nitrogens with zero attached hydrogens (tertiary/aromatic N) is 2. The lowest BCUT2D eigenvalue weighted by molar-refractivity contribution is -0.131. The van der Waals surface area contributed by atoms with Gasteiger partial charge in [0, 0.05) is 33.1 Å². The summed E-state index contributed by atoms with van der Waals surface area (Å²) in [6.45, 7) is 5.44. The molecule has 0 radical (unpaired) electrons. The third kappa shape index (κ3) is 2.97. The first-order chi connectivity index (χ1) is 8.16. The molecule has 1 fully saturated rings. The van der Waals surface area contributed by atoms with Gasteiger partial charge in [-0.1, -0.05) is 12.1 Å².